The summed E-state index contributed by atoms with van der Waals surface area (Å²) in [4.78, 5) is 6.06. The zero-order valence-electron chi connectivity index (χ0n) is 11.0. The van der Waals surface area contributed by atoms with Crippen LogP contribution in [0.5, 0.6) is 0 Å². The van der Waals surface area contributed by atoms with Gasteiger partial charge >= 0.3 is 0 Å². The molecule has 1 heterocycles. The molecule has 0 amide bonds. The standard InChI is InChI=1S/C13H23N3O/c1-13(17,11-16(2)3)10-15-8-6-12-5-4-7-14-9-12/h4-5,7,9,15,17H,6,8,10-11H2,1-3H3. The van der Waals surface area contributed by atoms with Gasteiger partial charge in [0.15, 0.2) is 0 Å². The monoisotopic (exact) mass is 237 g/mol. The molecule has 0 bridgehead atoms. The minimum atomic E-state index is -0.682. The van der Waals surface area contributed by atoms with Crippen molar-refractivity contribution in [1.29, 1.82) is 0 Å². The lowest BCUT2D eigenvalue weighted by atomic mass is 10.1. The van der Waals surface area contributed by atoms with Gasteiger partial charge in [0.2, 0.25) is 0 Å². The normalized spacial score (nSPS) is 14.9. The molecule has 17 heavy (non-hydrogen) atoms. The van der Waals surface area contributed by atoms with Crippen LogP contribution in [-0.4, -0.2) is 54.3 Å². The van der Waals surface area contributed by atoms with E-state index in [9.17, 15) is 5.11 Å². The predicted molar refractivity (Wildman–Crippen MR) is 70.0 cm³/mol. The van der Waals surface area contributed by atoms with Crippen molar-refractivity contribution >= 4 is 0 Å². The molecule has 4 heteroatoms. The minimum absolute atomic E-state index is 0.603. The van der Waals surface area contributed by atoms with Crippen LogP contribution < -0.4 is 5.32 Å². The molecule has 2 N–H and O–H groups in total. The van der Waals surface area contributed by atoms with Gasteiger partial charge in [0.05, 0.1) is 5.60 Å². The molecule has 0 aromatic carbocycles. The first-order chi connectivity index (χ1) is 7.99. The number of pyridine rings is 1. The summed E-state index contributed by atoms with van der Waals surface area (Å²) < 4.78 is 0. The molecule has 1 atom stereocenters. The molecular weight excluding hydrogens is 214 g/mol. The molecule has 0 radical (unpaired) electrons. The number of aromatic nitrogens is 1. The zero-order chi connectivity index (χ0) is 12.7. The molecule has 0 aliphatic heterocycles. The second-order valence-corrected chi connectivity index (χ2v) is 5.02. The summed E-state index contributed by atoms with van der Waals surface area (Å²) in [5.41, 5.74) is 0.533. The van der Waals surface area contributed by atoms with Crippen LogP contribution in [0.1, 0.15) is 12.5 Å². The van der Waals surface area contributed by atoms with Crippen molar-refractivity contribution in [3.63, 3.8) is 0 Å². The van der Waals surface area contributed by atoms with Gasteiger partial charge in [0.1, 0.15) is 0 Å². The van der Waals surface area contributed by atoms with Crippen LogP contribution in [0.2, 0.25) is 0 Å². The lowest BCUT2D eigenvalue weighted by Crippen LogP contribution is -2.45. The summed E-state index contributed by atoms with van der Waals surface area (Å²) in [6.07, 6.45) is 4.59. The van der Waals surface area contributed by atoms with E-state index in [2.05, 4.69) is 16.4 Å². The molecule has 1 aromatic heterocycles. The van der Waals surface area contributed by atoms with Crippen LogP contribution in [0.15, 0.2) is 24.5 Å². The first-order valence-corrected chi connectivity index (χ1v) is 5.96. The summed E-state index contributed by atoms with van der Waals surface area (Å²) in [5.74, 6) is 0. The highest BCUT2D eigenvalue weighted by molar-refractivity contribution is 5.08. The summed E-state index contributed by atoms with van der Waals surface area (Å²) >= 11 is 0. The van der Waals surface area contributed by atoms with E-state index in [4.69, 9.17) is 0 Å². The van der Waals surface area contributed by atoms with E-state index in [1.165, 1.54) is 5.56 Å². The third-order valence-corrected chi connectivity index (χ3v) is 2.48. The smallest absolute Gasteiger partial charge is 0.0869 e. The number of likely N-dealkylation sites (N-methyl/N-ethyl adjacent to an activating group) is 1. The zero-order valence-corrected chi connectivity index (χ0v) is 11.0. The van der Waals surface area contributed by atoms with E-state index in [0.717, 1.165) is 13.0 Å². The van der Waals surface area contributed by atoms with E-state index in [1.54, 1.807) is 6.20 Å². The van der Waals surface area contributed by atoms with E-state index < -0.39 is 5.60 Å². The Labute approximate surface area is 104 Å². The maximum Gasteiger partial charge on any atom is 0.0869 e. The maximum absolute atomic E-state index is 10.1. The fourth-order valence-electron chi connectivity index (χ4n) is 1.87. The van der Waals surface area contributed by atoms with Gasteiger partial charge in [-0.1, -0.05) is 6.07 Å². The molecule has 96 valence electrons. The lowest BCUT2D eigenvalue weighted by Gasteiger charge is -2.27. The van der Waals surface area contributed by atoms with E-state index in [-0.39, 0.29) is 0 Å². The Balaban J connectivity index is 2.20. The molecule has 0 saturated carbocycles. The highest BCUT2D eigenvalue weighted by Crippen LogP contribution is 2.02. The van der Waals surface area contributed by atoms with Crippen LogP contribution in [-0.2, 0) is 6.42 Å². The molecule has 4 nitrogen and oxygen atoms in total. The molecule has 1 aromatic rings. The number of rotatable bonds is 7. The van der Waals surface area contributed by atoms with Crippen molar-refractivity contribution in [3.8, 4) is 0 Å². The van der Waals surface area contributed by atoms with Gasteiger partial charge in [-0.25, -0.2) is 0 Å². The van der Waals surface area contributed by atoms with Gasteiger partial charge in [0, 0.05) is 25.5 Å². The Morgan fingerprint density at radius 2 is 2.24 bits per heavy atom. The first kappa shape index (κ1) is 14.1. The molecule has 0 spiro atoms. The number of aliphatic hydroxyl groups is 1. The Morgan fingerprint density at radius 1 is 1.47 bits per heavy atom. The van der Waals surface area contributed by atoms with E-state index in [0.29, 0.717) is 13.1 Å². The second kappa shape index (κ2) is 6.69. The van der Waals surface area contributed by atoms with Crippen molar-refractivity contribution in [2.24, 2.45) is 0 Å². The average Bonchev–Trinajstić information content (AvgIpc) is 2.24. The summed E-state index contributed by atoms with van der Waals surface area (Å²) in [5, 5.41) is 13.3. The fraction of sp³-hybridized carbons (Fsp3) is 0.615. The molecule has 1 unspecified atom stereocenters. The number of hydrogen-bond donors (Lipinski definition) is 2. The third-order valence-electron chi connectivity index (χ3n) is 2.48. The van der Waals surface area contributed by atoms with Gasteiger partial charge in [-0.2, -0.15) is 0 Å². The van der Waals surface area contributed by atoms with Gasteiger partial charge in [-0.15, -0.1) is 0 Å². The van der Waals surface area contributed by atoms with Gasteiger partial charge < -0.3 is 15.3 Å². The largest absolute Gasteiger partial charge is 0.388 e. The topological polar surface area (TPSA) is 48.4 Å². The Morgan fingerprint density at radius 3 is 2.82 bits per heavy atom. The van der Waals surface area contributed by atoms with Crippen molar-refractivity contribution in [1.82, 2.24) is 15.2 Å². The molecule has 0 fully saturated rings. The molecule has 1 rings (SSSR count). The van der Waals surface area contributed by atoms with Gasteiger partial charge in [0.25, 0.3) is 0 Å². The van der Waals surface area contributed by atoms with Crippen LogP contribution >= 0.6 is 0 Å². The van der Waals surface area contributed by atoms with Crippen molar-refractivity contribution in [2.75, 3.05) is 33.7 Å². The van der Waals surface area contributed by atoms with Crippen molar-refractivity contribution < 1.29 is 5.11 Å². The van der Waals surface area contributed by atoms with Gasteiger partial charge in [-0.05, 0) is 45.6 Å². The summed E-state index contributed by atoms with van der Waals surface area (Å²) in [6, 6.07) is 4.00. The van der Waals surface area contributed by atoms with Crippen LogP contribution in [0, 0.1) is 0 Å². The van der Waals surface area contributed by atoms with Gasteiger partial charge in [-0.3, -0.25) is 4.98 Å². The highest BCUT2D eigenvalue weighted by Gasteiger charge is 2.20. The number of nitrogens with one attached hydrogen (secondary N) is 1. The highest BCUT2D eigenvalue weighted by atomic mass is 16.3. The summed E-state index contributed by atoms with van der Waals surface area (Å²) in [6.45, 7) is 3.97. The third kappa shape index (κ3) is 6.36. The molecular formula is C13H23N3O. The van der Waals surface area contributed by atoms with Crippen molar-refractivity contribution in [3.05, 3.63) is 30.1 Å². The summed E-state index contributed by atoms with van der Waals surface area (Å²) in [7, 11) is 3.92. The Bertz CT molecular complexity index is 312. The minimum Gasteiger partial charge on any atom is -0.388 e. The fourth-order valence-corrected chi connectivity index (χ4v) is 1.87. The quantitative estimate of drug-likeness (QED) is 0.679. The van der Waals surface area contributed by atoms with Crippen LogP contribution in [0.25, 0.3) is 0 Å². The SMILES string of the molecule is CN(C)CC(C)(O)CNCCc1cccnc1. The average molecular weight is 237 g/mol. The first-order valence-electron chi connectivity index (χ1n) is 5.96. The van der Waals surface area contributed by atoms with Crippen LogP contribution in [0.4, 0.5) is 0 Å². The Kier molecular flexibility index (Phi) is 5.55. The number of hydrogen-bond acceptors (Lipinski definition) is 4. The number of nitrogens with zero attached hydrogens (tertiary/aromatic N) is 2. The molecule has 0 aliphatic rings. The van der Waals surface area contributed by atoms with Crippen LogP contribution in [0.3, 0.4) is 0 Å². The maximum atomic E-state index is 10.1. The van der Waals surface area contributed by atoms with E-state index in [1.807, 2.05) is 38.2 Å². The van der Waals surface area contributed by atoms with Crippen molar-refractivity contribution in [2.45, 2.75) is 18.9 Å². The second-order valence-electron chi connectivity index (χ2n) is 5.02. The Hall–Kier alpha value is -0.970. The predicted octanol–water partition coefficient (Wildman–Crippen LogP) is 0.526. The molecule has 0 saturated heterocycles. The lowest BCUT2D eigenvalue weighted by molar-refractivity contribution is 0.0341. The van der Waals surface area contributed by atoms with E-state index >= 15 is 0 Å². The molecule has 0 aliphatic carbocycles.